The summed E-state index contributed by atoms with van der Waals surface area (Å²) in [7, 11) is 1.38. The Balaban J connectivity index is 1.46. The first kappa shape index (κ1) is 37.1. The maximum atomic E-state index is 13.1. The molecule has 1 aliphatic heterocycles. The van der Waals surface area contributed by atoms with Crippen molar-refractivity contribution in [2.75, 3.05) is 13.7 Å². The zero-order valence-corrected chi connectivity index (χ0v) is 29.5. The van der Waals surface area contributed by atoms with Gasteiger partial charge in [0.25, 0.3) is 0 Å². The minimum absolute atomic E-state index is 0.00389. The summed E-state index contributed by atoms with van der Waals surface area (Å²) in [5.74, 6) is -0.936. The van der Waals surface area contributed by atoms with Crippen LogP contribution in [0.25, 0.3) is 0 Å². The monoisotopic (exact) mass is 701 g/mol. The average Bonchev–Trinajstić information content (AvgIpc) is 3.31. The summed E-state index contributed by atoms with van der Waals surface area (Å²) >= 11 is 0. The average molecular weight is 702 g/mol. The Morgan fingerprint density at radius 2 is 0.962 bits per heavy atom. The van der Waals surface area contributed by atoms with Crippen LogP contribution in [-0.2, 0) is 54.9 Å². The molecule has 270 valence electrons. The fourth-order valence-corrected chi connectivity index (χ4v) is 6.82. The Kier molecular flexibility index (Phi) is 13.7. The maximum Gasteiger partial charge on any atom is 0.306 e. The highest BCUT2D eigenvalue weighted by Crippen LogP contribution is 2.37. The zero-order chi connectivity index (χ0) is 36.0. The second-order valence-corrected chi connectivity index (χ2v) is 13.0. The minimum Gasteiger partial charge on any atom is -0.469 e. The van der Waals surface area contributed by atoms with Crippen LogP contribution in [0.15, 0.2) is 152 Å². The molecule has 0 aromatic heterocycles. The number of benzene rings is 5. The van der Waals surface area contributed by atoms with Gasteiger partial charge in [0, 0.05) is 5.92 Å². The molecule has 1 heterocycles. The van der Waals surface area contributed by atoms with Gasteiger partial charge in [-0.25, -0.2) is 0 Å². The van der Waals surface area contributed by atoms with E-state index in [4.69, 9.17) is 23.7 Å². The Hall–Kier alpha value is -4.67. The van der Waals surface area contributed by atoms with Gasteiger partial charge in [0.2, 0.25) is 0 Å². The highest BCUT2D eigenvalue weighted by molar-refractivity contribution is 5.70. The van der Waals surface area contributed by atoms with E-state index in [9.17, 15) is 10.0 Å². The van der Waals surface area contributed by atoms with E-state index in [1.807, 2.05) is 152 Å². The second-order valence-electron chi connectivity index (χ2n) is 13.0. The van der Waals surface area contributed by atoms with Gasteiger partial charge in [0.15, 0.2) is 0 Å². The Morgan fingerprint density at radius 1 is 0.577 bits per heavy atom. The van der Waals surface area contributed by atoms with Gasteiger partial charge in [-0.1, -0.05) is 152 Å². The molecule has 1 N–H and O–H groups in total. The molecule has 0 amide bonds. The van der Waals surface area contributed by atoms with Crippen LogP contribution in [0, 0.1) is 0 Å². The van der Waals surface area contributed by atoms with Crippen molar-refractivity contribution in [1.82, 2.24) is 5.06 Å². The van der Waals surface area contributed by atoms with E-state index in [0.717, 1.165) is 27.8 Å². The predicted octanol–water partition coefficient (Wildman–Crippen LogP) is 7.75. The van der Waals surface area contributed by atoms with E-state index in [1.165, 1.54) is 12.2 Å². The molecule has 8 nitrogen and oxygen atoms in total. The minimum atomic E-state index is -0.796. The van der Waals surface area contributed by atoms with Crippen LogP contribution >= 0.6 is 0 Å². The van der Waals surface area contributed by atoms with Crippen LogP contribution < -0.4 is 0 Å². The van der Waals surface area contributed by atoms with E-state index in [0.29, 0.717) is 6.61 Å². The van der Waals surface area contributed by atoms with Gasteiger partial charge < -0.3 is 28.9 Å². The summed E-state index contributed by atoms with van der Waals surface area (Å²) in [6.45, 7) is 1.14. The lowest BCUT2D eigenvalue weighted by molar-refractivity contribution is -0.199. The molecule has 8 heteroatoms. The zero-order valence-electron chi connectivity index (χ0n) is 29.5. The normalized spacial score (nSPS) is 21.2. The molecule has 52 heavy (non-hydrogen) atoms. The van der Waals surface area contributed by atoms with Gasteiger partial charge in [-0.15, -0.1) is 0 Å². The SMILES string of the molecule is COC(=O)C[C@@H](c1ccccc1)[C@@H]1[C@@H](OCc2ccccc2)[C@@H](OCc2ccccc2)[C@H](OCc2ccccc2)[C@H](OCc2ccccc2)CN1O. The van der Waals surface area contributed by atoms with Crippen LogP contribution in [0.4, 0.5) is 0 Å². The molecule has 1 aliphatic rings. The topological polar surface area (TPSA) is 86.7 Å². The molecular weight excluding hydrogens is 654 g/mol. The lowest BCUT2D eigenvalue weighted by Gasteiger charge is -2.40. The molecule has 6 atom stereocenters. The molecule has 1 saturated heterocycles. The summed E-state index contributed by atoms with van der Waals surface area (Å²) in [4.78, 5) is 13.1. The largest absolute Gasteiger partial charge is 0.469 e. The van der Waals surface area contributed by atoms with Crippen molar-refractivity contribution in [3.8, 4) is 0 Å². The van der Waals surface area contributed by atoms with Gasteiger partial charge in [-0.2, -0.15) is 5.06 Å². The molecule has 0 saturated carbocycles. The third-order valence-electron chi connectivity index (χ3n) is 9.48. The summed E-state index contributed by atoms with van der Waals surface area (Å²) in [5, 5.41) is 13.6. The fourth-order valence-electron chi connectivity index (χ4n) is 6.82. The molecule has 6 rings (SSSR count). The van der Waals surface area contributed by atoms with Crippen molar-refractivity contribution in [1.29, 1.82) is 0 Å². The Morgan fingerprint density at radius 3 is 1.40 bits per heavy atom. The van der Waals surface area contributed by atoms with E-state index in [1.54, 1.807) is 0 Å². The molecule has 5 aromatic rings. The Bertz CT molecular complexity index is 1740. The molecule has 0 bridgehead atoms. The third-order valence-corrected chi connectivity index (χ3v) is 9.48. The number of hydroxylamine groups is 2. The van der Waals surface area contributed by atoms with Crippen molar-refractivity contribution < 1.29 is 33.7 Å². The molecule has 0 unspecified atom stereocenters. The highest BCUT2D eigenvalue weighted by Gasteiger charge is 2.51. The number of ether oxygens (including phenoxy) is 5. The predicted molar refractivity (Wildman–Crippen MR) is 198 cm³/mol. The number of hydrogen-bond acceptors (Lipinski definition) is 8. The number of carbonyl (C=O) groups is 1. The Labute approximate surface area is 306 Å². The van der Waals surface area contributed by atoms with E-state index >= 15 is 0 Å². The van der Waals surface area contributed by atoms with Gasteiger partial charge in [0.05, 0.1) is 52.5 Å². The number of esters is 1. The van der Waals surface area contributed by atoms with Gasteiger partial charge in [-0.3, -0.25) is 4.79 Å². The lowest BCUT2D eigenvalue weighted by Crippen LogP contribution is -2.53. The molecular formula is C44H47NO7. The summed E-state index contributed by atoms with van der Waals surface area (Å²) in [5.41, 5.74) is 4.77. The van der Waals surface area contributed by atoms with Crippen LogP contribution in [0.2, 0.25) is 0 Å². The van der Waals surface area contributed by atoms with Crippen molar-refractivity contribution in [3.63, 3.8) is 0 Å². The number of hydrogen-bond donors (Lipinski definition) is 1. The van der Waals surface area contributed by atoms with Crippen molar-refractivity contribution in [2.45, 2.75) is 69.2 Å². The molecule has 0 spiro atoms. The van der Waals surface area contributed by atoms with Crippen LogP contribution in [-0.4, -0.2) is 60.4 Å². The summed E-state index contributed by atoms with van der Waals surface area (Å²) in [6, 6.07) is 48.7. The first-order valence-corrected chi connectivity index (χ1v) is 17.8. The smallest absolute Gasteiger partial charge is 0.306 e. The van der Waals surface area contributed by atoms with Crippen molar-refractivity contribution in [3.05, 3.63) is 179 Å². The lowest BCUT2D eigenvalue weighted by atomic mass is 9.83. The third kappa shape index (κ3) is 10.2. The van der Waals surface area contributed by atoms with Gasteiger partial charge in [-0.05, 0) is 27.8 Å². The summed E-state index contributed by atoms with van der Waals surface area (Å²) < 4.78 is 32.6. The number of methoxy groups -OCH3 is 1. The van der Waals surface area contributed by atoms with E-state index < -0.39 is 42.3 Å². The molecule has 1 fully saturated rings. The fraction of sp³-hybridized carbons (Fsp3) is 0.295. The first-order chi connectivity index (χ1) is 25.6. The van der Waals surface area contributed by atoms with Crippen LogP contribution in [0.5, 0.6) is 0 Å². The quantitative estimate of drug-likeness (QED) is 0.105. The second kappa shape index (κ2) is 19.2. The number of nitrogens with zero attached hydrogens (tertiary/aromatic N) is 1. The maximum absolute atomic E-state index is 13.1. The van der Waals surface area contributed by atoms with Gasteiger partial charge >= 0.3 is 5.97 Å². The molecule has 5 aromatic carbocycles. The van der Waals surface area contributed by atoms with Crippen LogP contribution in [0.1, 0.15) is 40.2 Å². The van der Waals surface area contributed by atoms with Gasteiger partial charge in [0.1, 0.15) is 24.4 Å². The molecule has 0 radical (unpaired) electrons. The van der Waals surface area contributed by atoms with Crippen LogP contribution in [0.3, 0.4) is 0 Å². The molecule has 0 aliphatic carbocycles. The van der Waals surface area contributed by atoms with E-state index in [-0.39, 0.29) is 32.8 Å². The van der Waals surface area contributed by atoms with E-state index in [2.05, 4.69) is 0 Å². The van der Waals surface area contributed by atoms with Crippen molar-refractivity contribution >= 4 is 5.97 Å². The standard InChI is InChI=1S/C44H47NO7/c1-48-40(46)27-38(37-25-15-6-16-26-37)41-43(51-31-35-21-11-4-12-22-35)44(52-32-36-23-13-5-14-24-36)42(50-30-34-19-9-3-10-20-34)39(28-45(41)47)49-29-33-17-7-2-8-18-33/h2-26,38-39,41-44,47H,27-32H2,1H3/t38-,39+,41+,42+,43+,44-/m0/s1. The first-order valence-electron chi connectivity index (χ1n) is 17.8. The number of rotatable bonds is 16. The highest BCUT2D eigenvalue weighted by atomic mass is 16.6. The summed E-state index contributed by atoms with van der Waals surface area (Å²) in [6.07, 6.45) is -2.89. The van der Waals surface area contributed by atoms with Crippen molar-refractivity contribution in [2.24, 2.45) is 0 Å². The number of carbonyl (C=O) groups excluding carboxylic acids is 1.